The third-order valence-electron chi connectivity index (χ3n) is 8.29. The molecule has 2 fully saturated rings. The molecule has 0 bridgehead atoms. The van der Waals surface area contributed by atoms with Gasteiger partial charge in [0, 0.05) is 0 Å². The van der Waals surface area contributed by atoms with Crippen LogP contribution in [0.5, 0.6) is 0 Å². The molecule has 0 aromatic carbocycles. The Morgan fingerprint density at radius 2 is 0.304 bits per heavy atom. The van der Waals surface area contributed by atoms with Crippen LogP contribution in [-0.2, 0) is 0 Å². The summed E-state index contributed by atoms with van der Waals surface area (Å²) in [5.41, 5.74) is 0. The average molecular weight is 335 g/mol. The Labute approximate surface area is 166 Å². The summed E-state index contributed by atoms with van der Waals surface area (Å²) in [7, 11) is 0. The zero-order valence-electron chi connectivity index (χ0n) is 18.5. The first-order valence-corrected chi connectivity index (χ1v) is 9.11. The topological polar surface area (TPSA) is 0 Å². The second-order valence-corrected chi connectivity index (χ2v) is 8.59. The molecule has 0 amide bonds. The van der Waals surface area contributed by atoms with Gasteiger partial charge in [0.15, 0.2) is 0 Å². The van der Waals surface area contributed by atoms with Gasteiger partial charge in [0.05, 0.1) is 0 Å². The van der Waals surface area contributed by atoms with E-state index in [2.05, 4.69) is 69.2 Å². The van der Waals surface area contributed by atoms with Crippen LogP contribution in [0.15, 0.2) is 0 Å². The van der Waals surface area contributed by atoms with Gasteiger partial charge in [0.2, 0.25) is 0 Å². The van der Waals surface area contributed by atoms with Gasteiger partial charge in [0.25, 0.3) is 0 Å². The molecule has 2 saturated carbocycles. The molecule has 0 atom stereocenters. The van der Waals surface area contributed by atoms with Gasteiger partial charge < -0.3 is 14.9 Å². The van der Waals surface area contributed by atoms with Crippen LogP contribution in [0.2, 0.25) is 0 Å². The van der Waals surface area contributed by atoms with Crippen LogP contribution >= 0.6 is 0 Å². The molecule has 0 saturated heterocycles. The third-order valence-corrected chi connectivity index (χ3v) is 8.29. The first-order chi connectivity index (χ1) is 9.11. The molecule has 0 spiro atoms. The molecule has 0 nitrogen and oxygen atoms in total. The molecule has 1 heteroatoms. The van der Waals surface area contributed by atoms with Crippen molar-refractivity contribution in [3.63, 3.8) is 0 Å². The zero-order chi connectivity index (χ0) is 15.8. The van der Waals surface area contributed by atoms with Crippen molar-refractivity contribution in [1.29, 1.82) is 0 Å². The smallest absolute Gasteiger partial charge is 0.358 e. The van der Waals surface area contributed by atoms with E-state index in [0.717, 1.165) is 59.2 Å². The number of rotatable bonds is 0. The van der Waals surface area contributed by atoms with Crippen LogP contribution in [-0.4, -0.2) is 23.1 Å². The summed E-state index contributed by atoms with van der Waals surface area (Å²) in [6, 6.07) is 0. The van der Waals surface area contributed by atoms with Gasteiger partial charge >= 0.3 is 23.1 Å². The predicted molar refractivity (Wildman–Crippen MR) is 110 cm³/mol. The van der Waals surface area contributed by atoms with Crippen molar-refractivity contribution < 1.29 is 0 Å². The average Bonchev–Trinajstić information content (AvgIpc) is 2.71. The molecule has 0 aromatic heterocycles. The third kappa shape index (κ3) is 5.91. The summed E-state index contributed by atoms with van der Waals surface area (Å²) in [6.45, 7) is 24.0. The first-order valence-electron chi connectivity index (χ1n) is 9.11. The van der Waals surface area contributed by atoms with Gasteiger partial charge in [-0.3, -0.25) is 0 Å². The largest absolute Gasteiger partial charge is 2.00 e. The SMILES string of the molecule is CC1C(C)C(C)C(C)C1C.CC1C(C)C(C)C(C)C1C.[CH3-].[CH3-].[Mg+2]. The van der Waals surface area contributed by atoms with Crippen LogP contribution in [0, 0.1) is 74.0 Å². The van der Waals surface area contributed by atoms with E-state index in [1.165, 1.54) is 0 Å². The number of hydrogen-bond acceptors (Lipinski definition) is 0. The fourth-order valence-electron chi connectivity index (χ4n) is 4.79. The molecular formula is C22H46Mg. The monoisotopic (exact) mass is 334 g/mol. The van der Waals surface area contributed by atoms with Crippen molar-refractivity contribution in [3.8, 4) is 0 Å². The maximum atomic E-state index is 2.40. The van der Waals surface area contributed by atoms with Crippen molar-refractivity contribution in [2.24, 2.45) is 59.2 Å². The Bertz CT molecular complexity index is 181. The van der Waals surface area contributed by atoms with Gasteiger partial charge in [-0.05, 0) is 59.2 Å². The van der Waals surface area contributed by atoms with Crippen molar-refractivity contribution in [2.75, 3.05) is 0 Å². The summed E-state index contributed by atoms with van der Waals surface area (Å²) in [5.74, 6) is 9.35. The van der Waals surface area contributed by atoms with E-state index in [1.54, 1.807) is 0 Å². The van der Waals surface area contributed by atoms with Crippen molar-refractivity contribution in [2.45, 2.75) is 69.2 Å². The molecular weight excluding hydrogens is 289 g/mol. The summed E-state index contributed by atoms with van der Waals surface area (Å²) >= 11 is 0. The van der Waals surface area contributed by atoms with E-state index >= 15 is 0 Å². The van der Waals surface area contributed by atoms with Crippen molar-refractivity contribution in [3.05, 3.63) is 14.9 Å². The maximum Gasteiger partial charge on any atom is 2.00 e. The maximum absolute atomic E-state index is 2.40. The van der Waals surface area contributed by atoms with E-state index in [-0.39, 0.29) is 37.9 Å². The summed E-state index contributed by atoms with van der Waals surface area (Å²) in [4.78, 5) is 0. The van der Waals surface area contributed by atoms with Crippen LogP contribution in [0.1, 0.15) is 69.2 Å². The molecule has 2 aliphatic carbocycles. The van der Waals surface area contributed by atoms with Crippen LogP contribution in [0.3, 0.4) is 0 Å². The molecule has 0 heterocycles. The van der Waals surface area contributed by atoms with Crippen LogP contribution in [0.25, 0.3) is 0 Å². The quantitative estimate of drug-likeness (QED) is 0.334. The Morgan fingerprint density at radius 1 is 0.261 bits per heavy atom. The van der Waals surface area contributed by atoms with E-state index in [4.69, 9.17) is 0 Å². The van der Waals surface area contributed by atoms with E-state index in [9.17, 15) is 0 Å². The summed E-state index contributed by atoms with van der Waals surface area (Å²) < 4.78 is 0. The fourth-order valence-corrected chi connectivity index (χ4v) is 4.79. The first kappa shape index (κ1) is 28.6. The second kappa shape index (κ2) is 11.4. The normalized spacial score (nSPS) is 48.3. The minimum absolute atomic E-state index is 0. The number of hydrogen-bond donors (Lipinski definition) is 0. The zero-order valence-corrected chi connectivity index (χ0v) is 19.9. The standard InChI is InChI=1S/2C10H20.2CH3.Mg/c2*1-6-7(2)9(4)10(5)8(6)3;;;/h2*6-10H,1-5H3;2*1H3;/q;;2*-1;+2. The molecule has 0 N–H and O–H groups in total. The predicted octanol–water partition coefficient (Wildman–Crippen LogP) is 6.88. The summed E-state index contributed by atoms with van der Waals surface area (Å²) in [5, 5.41) is 0. The Kier molecular flexibility index (Phi) is 14.2. The minimum Gasteiger partial charge on any atom is -0.358 e. The summed E-state index contributed by atoms with van der Waals surface area (Å²) in [6.07, 6.45) is 0. The Morgan fingerprint density at radius 3 is 0.348 bits per heavy atom. The molecule has 0 unspecified atom stereocenters. The van der Waals surface area contributed by atoms with E-state index in [0.29, 0.717) is 0 Å². The molecule has 0 aliphatic heterocycles. The second-order valence-electron chi connectivity index (χ2n) is 8.59. The van der Waals surface area contributed by atoms with Crippen molar-refractivity contribution in [1.82, 2.24) is 0 Å². The van der Waals surface area contributed by atoms with Crippen molar-refractivity contribution >= 4 is 23.1 Å². The molecule has 0 aromatic rings. The Hall–Kier alpha value is 0.766. The molecule has 2 rings (SSSR count). The van der Waals surface area contributed by atoms with E-state index < -0.39 is 0 Å². The van der Waals surface area contributed by atoms with Crippen LogP contribution < -0.4 is 0 Å². The Balaban J connectivity index is -0.000000308. The molecule has 23 heavy (non-hydrogen) atoms. The van der Waals surface area contributed by atoms with Gasteiger partial charge in [-0.1, -0.05) is 69.2 Å². The van der Waals surface area contributed by atoms with Gasteiger partial charge in [0.1, 0.15) is 0 Å². The molecule has 136 valence electrons. The fraction of sp³-hybridized carbons (Fsp3) is 0.909. The van der Waals surface area contributed by atoms with Gasteiger partial charge in [-0.15, -0.1) is 0 Å². The van der Waals surface area contributed by atoms with E-state index in [1.807, 2.05) is 0 Å². The minimum atomic E-state index is 0. The van der Waals surface area contributed by atoms with Crippen LogP contribution in [0.4, 0.5) is 0 Å². The molecule has 0 radical (unpaired) electrons. The molecule has 2 aliphatic rings. The van der Waals surface area contributed by atoms with Gasteiger partial charge in [-0.2, -0.15) is 0 Å². The van der Waals surface area contributed by atoms with Gasteiger partial charge in [-0.25, -0.2) is 0 Å².